The number of morpholine rings is 1. The van der Waals surface area contributed by atoms with Crippen LogP contribution >= 0.6 is 0 Å². The third kappa shape index (κ3) is 5.85. The fraction of sp³-hybridized carbons (Fsp3) is 0.692. The number of amides is 2. The number of carbonyl (C=O) groups excluding carboxylic acids is 2. The van der Waals surface area contributed by atoms with Crippen molar-refractivity contribution in [1.29, 1.82) is 0 Å². The maximum atomic E-state index is 11.6. The van der Waals surface area contributed by atoms with Crippen LogP contribution in [0.25, 0.3) is 0 Å². The standard InChI is InChI=1S/C13H23N3O3/c1-4-13(18)15(3)10-12(17)14-5-6-16-7-8-19-11(2)9-16/h4,11H,1,5-10H2,2-3H3,(H,14,17). The largest absolute Gasteiger partial charge is 0.376 e. The lowest BCUT2D eigenvalue weighted by atomic mass is 10.3. The average Bonchev–Trinajstić information content (AvgIpc) is 2.37. The van der Waals surface area contributed by atoms with Gasteiger partial charge in [-0.3, -0.25) is 14.5 Å². The molecule has 0 aromatic heterocycles. The molecule has 1 N–H and O–H groups in total. The fourth-order valence-electron chi connectivity index (χ4n) is 1.95. The van der Waals surface area contributed by atoms with E-state index in [0.717, 1.165) is 26.2 Å². The van der Waals surface area contributed by atoms with E-state index in [4.69, 9.17) is 4.74 Å². The number of hydrogen-bond donors (Lipinski definition) is 1. The summed E-state index contributed by atoms with van der Waals surface area (Å²) in [4.78, 5) is 26.4. The SMILES string of the molecule is C=CC(=O)N(C)CC(=O)NCCN1CCOC(C)C1. The summed E-state index contributed by atoms with van der Waals surface area (Å²) in [6.45, 7) is 9.40. The molecule has 0 aliphatic carbocycles. The van der Waals surface area contributed by atoms with Crippen molar-refractivity contribution in [2.75, 3.05) is 46.4 Å². The van der Waals surface area contributed by atoms with Gasteiger partial charge in [-0.25, -0.2) is 0 Å². The summed E-state index contributed by atoms with van der Waals surface area (Å²) in [7, 11) is 1.58. The van der Waals surface area contributed by atoms with Gasteiger partial charge in [0, 0.05) is 33.2 Å². The molecule has 2 amide bonds. The van der Waals surface area contributed by atoms with Crippen LogP contribution in [-0.4, -0.2) is 74.1 Å². The van der Waals surface area contributed by atoms with Crippen LogP contribution < -0.4 is 5.32 Å². The third-order valence-electron chi connectivity index (χ3n) is 3.01. The topological polar surface area (TPSA) is 61.9 Å². The van der Waals surface area contributed by atoms with Gasteiger partial charge in [0.05, 0.1) is 19.3 Å². The highest BCUT2D eigenvalue weighted by molar-refractivity contribution is 5.90. The van der Waals surface area contributed by atoms with Gasteiger partial charge in [0.2, 0.25) is 11.8 Å². The monoisotopic (exact) mass is 269 g/mol. The van der Waals surface area contributed by atoms with Crippen molar-refractivity contribution in [2.45, 2.75) is 13.0 Å². The number of rotatable bonds is 6. The summed E-state index contributed by atoms with van der Waals surface area (Å²) < 4.78 is 5.44. The molecule has 1 unspecified atom stereocenters. The Morgan fingerprint density at radius 1 is 1.58 bits per heavy atom. The van der Waals surface area contributed by atoms with Crippen LogP contribution in [0.15, 0.2) is 12.7 Å². The van der Waals surface area contributed by atoms with E-state index in [1.165, 1.54) is 11.0 Å². The molecule has 0 spiro atoms. The van der Waals surface area contributed by atoms with Gasteiger partial charge in [-0.05, 0) is 13.0 Å². The average molecular weight is 269 g/mol. The maximum Gasteiger partial charge on any atom is 0.246 e. The first-order valence-electron chi connectivity index (χ1n) is 6.51. The Kier molecular flexibility index (Phi) is 6.52. The minimum atomic E-state index is -0.253. The van der Waals surface area contributed by atoms with Crippen LogP contribution in [-0.2, 0) is 14.3 Å². The molecule has 0 aromatic carbocycles. The van der Waals surface area contributed by atoms with E-state index in [2.05, 4.69) is 16.8 Å². The summed E-state index contributed by atoms with van der Waals surface area (Å²) in [5.41, 5.74) is 0. The first-order chi connectivity index (χ1) is 9.02. The molecule has 108 valence electrons. The Labute approximate surface area is 114 Å². The predicted molar refractivity (Wildman–Crippen MR) is 72.7 cm³/mol. The molecule has 1 rings (SSSR count). The molecule has 1 fully saturated rings. The Hall–Kier alpha value is -1.40. The highest BCUT2D eigenvalue weighted by Gasteiger charge is 2.16. The molecule has 1 atom stereocenters. The molecule has 1 aliphatic rings. The van der Waals surface area contributed by atoms with E-state index in [-0.39, 0.29) is 24.5 Å². The van der Waals surface area contributed by atoms with Gasteiger partial charge < -0.3 is 15.0 Å². The lowest BCUT2D eigenvalue weighted by Crippen LogP contribution is -2.45. The van der Waals surface area contributed by atoms with E-state index in [1.807, 2.05) is 6.92 Å². The number of nitrogens with zero attached hydrogens (tertiary/aromatic N) is 2. The normalized spacial score (nSPS) is 19.8. The van der Waals surface area contributed by atoms with Crippen LogP contribution in [0.3, 0.4) is 0 Å². The second-order valence-electron chi connectivity index (χ2n) is 4.73. The zero-order chi connectivity index (χ0) is 14.3. The lowest BCUT2D eigenvalue weighted by molar-refractivity contribution is -0.131. The van der Waals surface area contributed by atoms with Crippen molar-refractivity contribution in [3.05, 3.63) is 12.7 Å². The Balaban J connectivity index is 2.16. The Bertz CT molecular complexity index is 333. The van der Waals surface area contributed by atoms with E-state index >= 15 is 0 Å². The van der Waals surface area contributed by atoms with Crippen LogP contribution in [0.2, 0.25) is 0 Å². The number of ether oxygens (including phenoxy) is 1. The van der Waals surface area contributed by atoms with Crippen molar-refractivity contribution in [3.63, 3.8) is 0 Å². The molecular formula is C13H23N3O3. The van der Waals surface area contributed by atoms with Crippen molar-refractivity contribution in [1.82, 2.24) is 15.1 Å². The lowest BCUT2D eigenvalue weighted by Gasteiger charge is -2.31. The minimum absolute atomic E-state index is 0.0599. The summed E-state index contributed by atoms with van der Waals surface area (Å²) >= 11 is 0. The Morgan fingerprint density at radius 2 is 2.32 bits per heavy atom. The van der Waals surface area contributed by atoms with Gasteiger partial charge in [-0.1, -0.05) is 6.58 Å². The highest BCUT2D eigenvalue weighted by Crippen LogP contribution is 2.02. The van der Waals surface area contributed by atoms with Gasteiger partial charge >= 0.3 is 0 Å². The summed E-state index contributed by atoms with van der Waals surface area (Å²) in [5, 5.41) is 2.81. The van der Waals surface area contributed by atoms with Crippen molar-refractivity contribution in [3.8, 4) is 0 Å². The van der Waals surface area contributed by atoms with Crippen molar-refractivity contribution in [2.24, 2.45) is 0 Å². The smallest absolute Gasteiger partial charge is 0.246 e. The van der Waals surface area contributed by atoms with E-state index in [0.29, 0.717) is 6.54 Å². The van der Waals surface area contributed by atoms with Gasteiger partial charge in [0.25, 0.3) is 0 Å². The molecular weight excluding hydrogens is 246 g/mol. The fourth-order valence-corrected chi connectivity index (χ4v) is 1.95. The van der Waals surface area contributed by atoms with E-state index in [9.17, 15) is 9.59 Å². The summed E-state index contributed by atoms with van der Waals surface area (Å²) in [6.07, 6.45) is 1.45. The zero-order valence-electron chi connectivity index (χ0n) is 11.7. The molecule has 6 heteroatoms. The van der Waals surface area contributed by atoms with Crippen LogP contribution in [0, 0.1) is 0 Å². The number of likely N-dealkylation sites (N-methyl/N-ethyl adjacent to an activating group) is 1. The molecule has 0 bridgehead atoms. The quantitative estimate of drug-likeness (QED) is 0.658. The van der Waals surface area contributed by atoms with E-state index in [1.54, 1.807) is 7.05 Å². The molecule has 1 aliphatic heterocycles. The molecule has 1 heterocycles. The number of carbonyl (C=O) groups is 2. The molecule has 0 saturated carbocycles. The van der Waals surface area contributed by atoms with Crippen LogP contribution in [0.5, 0.6) is 0 Å². The Morgan fingerprint density at radius 3 is 2.95 bits per heavy atom. The second-order valence-corrected chi connectivity index (χ2v) is 4.73. The third-order valence-corrected chi connectivity index (χ3v) is 3.01. The summed E-state index contributed by atoms with van der Waals surface area (Å²) in [6, 6.07) is 0. The number of hydrogen-bond acceptors (Lipinski definition) is 4. The van der Waals surface area contributed by atoms with Gasteiger partial charge in [-0.2, -0.15) is 0 Å². The number of nitrogens with one attached hydrogen (secondary N) is 1. The van der Waals surface area contributed by atoms with Crippen molar-refractivity contribution < 1.29 is 14.3 Å². The van der Waals surface area contributed by atoms with Crippen LogP contribution in [0.1, 0.15) is 6.92 Å². The molecule has 0 radical (unpaired) electrons. The summed E-state index contributed by atoms with van der Waals surface area (Å²) in [5.74, 6) is -0.406. The van der Waals surface area contributed by atoms with Gasteiger partial charge in [0.1, 0.15) is 0 Å². The predicted octanol–water partition coefficient (Wildman–Crippen LogP) is -0.532. The van der Waals surface area contributed by atoms with E-state index < -0.39 is 0 Å². The van der Waals surface area contributed by atoms with Crippen LogP contribution in [0.4, 0.5) is 0 Å². The maximum absolute atomic E-state index is 11.6. The molecule has 1 saturated heterocycles. The second kappa shape index (κ2) is 7.91. The van der Waals surface area contributed by atoms with Gasteiger partial charge in [-0.15, -0.1) is 0 Å². The highest BCUT2D eigenvalue weighted by atomic mass is 16.5. The molecule has 19 heavy (non-hydrogen) atoms. The van der Waals surface area contributed by atoms with Crippen molar-refractivity contribution >= 4 is 11.8 Å². The molecule has 0 aromatic rings. The first-order valence-corrected chi connectivity index (χ1v) is 6.51. The zero-order valence-corrected chi connectivity index (χ0v) is 11.7. The van der Waals surface area contributed by atoms with Gasteiger partial charge in [0.15, 0.2) is 0 Å². The first kappa shape index (κ1) is 15.7. The molecule has 6 nitrogen and oxygen atoms in total. The minimum Gasteiger partial charge on any atom is -0.376 e.